The maximum absolute atomic E-state index is 14.4. The molecule has 1 aromatic carbocycles. The molecular formula is C16H26F2O6P2. The van der Waals surface area contributed by atoms with Crippen LogP contribution in [-0.2, 0) is 39.5 Å². The summed E-state index contributed by atoms with van der Waals surface area (Å²) in [4.78, 5) is 0. The van der Waals surface area contributed by atoms with E-state index in [0.717, 1.165) is 12.1 Å². The monoisotopic (exact) mass is 414 g/mol. The van der Waals surface area contributed by atoms with Gasteiger partial charge in [-0.05, 0) is 39.8 Å². The molecule has 1 rings (SSSR count). The quantitative estimate of drug-likeness (QED) is 0.421. The highest BCUT2D eigenvalue weighted by Gasteiger charge is 2.29. The van der Waals surface area contributed by atoms with Crippen molar-refractivity contribution in [2.45, 2.75) is 40.0 Å². The summed E-state index contributed by atoms with van der Waals surface area (Å²) in [6.07, 6.45) is -0.793. The van der Waals surface area contributed by atoms with Crippen molar-refractivity contribution in [3.63, 3.8) is 0 Å². The molecule has 6 nitrogen and oxygen atoms in total. The molecule has 0 aliphatic rings. The van der Waals surface area contributed by atoms with Crippen LogP contribution in [0.5, 0.6) is 0 Å². The van der Waals surface area contributed by atoms with Crippen LogP contribution in [0.25, 0.3) is 0 Å². The molecule has 10 heteroatoms. The first-order valence-electron chi connectivity index (χ1n) is 8.45. The Balaban J connectivity index is 3.11. The summed E-state index contributed by atoms with van der Waals surface area (Å²) < 4.78 is 74.3. The average molecular weight is 414 g/mol. The van der Waals surface area contributed by atoms with Gasteiger partial charge < -0.3 is 18.1 Å². The maximum atomic E-state index is 14.4. The molecule has 0 aliphatic heterocycles. The van der Waals surface area contributed by atoms with Crippen molar-refractivity contribution >= 4 is 15.2 Å². The van der Waals surface area contributed by atoms with Gasteiger partial charge in [-0.1, -0.05) is 0 Å². The smallest absolute Gasteiger partial charge is 0.309 e. The topological polar surface area (TPSA) is 71.1 Å². The van der Waals surface area contributed by atoms with E-state index in [-0.39, 0.29) is 37.6 Å². The highest BCUT2D eigenvalue weighted by Crippen LogP contribution is 2.53. The Labute approximate surface area is 153 Å². The lowest BCUT2D eigenvalue weighted by atomic mass is 10.1. The summed E-state index contributed by atoms with van der Waals surface area (Å²) in [5.74, 6) is -1.58. The van der Waals surface area contributed by atoms with E-state index in [2.05, 4.69) is 0 Å². The van der Waals surface area contributed by atoms with Crippen LogP contribution in [0.15, 0.2) is 12.1 Å². The van der Waals surface area contributed by atoms with Crippen LogP contribution < -0.4 is 0 Å². The Morgan fingerprint density at radius 2 is 0.962 bits per heavy atom. The third kappa shape index (κ3) is 6.84. The van der Waals surface area contributed by atoms with E-state index in [1.54, 1.807) is 27.7 Å². The molecule has 26 heavy (non-hydrogen) atoms. The lowest BCUT2D eigenvalue weighted by molar-refractivity contribution is 0.217. The first-order valence-corrected chi connectivity index (χ1v) is 11.9. The minimum Gasteiger partial charge on any atom is -0.309 e. The van der Waals surface area contributed by atoms with Crippen molar-refractivity contribution in [2.75, 3.05) is 26.4 Å². The van der Waals surface area contributed by atoms with E-state index in [4.69, 9.17) is 18.1 Å². The van der Waals surface area contributed by atoms with Crippen LogP contribution in [0.4, 0.5) is 8.78 Å². The number of hydrogen-bond acceptors (Lipinski definition) is 6. The molecule has 1 aromatic rings. The van der Waals surface area contributed by atoms with Gasteiger partial charge in [-0.2, -0.15) is 0 Å². The molecule has 0 atom stereocenters. The van der Waals surface area contributed by atoms with Crippen LogP contribution in [0, 0.1) is 11.6 Å². The molecule has 0 saturated heterocycles. The van der Waals surface area contributed by atoms with E-state index in [9.17, 15) is 17.9 Å². The van der Waals surface area contributed by atoms with Crippen molar-refractivity contribution in [2.24, 2.45) is 0 Å². The van der Waals surface area contributed by atoms with E-state index in [1.807, 2.05) is 0 Å². The molecule has 0 fully saturated rings. The lowest BCUT2D eigenvalue weighted by Gasteiger charge is -2.19. The van der Waals surface area contributed by atoms with Crippen molar-refractivity contribution in [1.82, 2.24) is 0 Å². The number of rotatable bonds is 12. The van der Waals surface area contributed by atoms with Crippen LogP contribution >= 0.6 is 15.2 Å². The van der Waals surface area contributed by atoms with Gasteiger partial charge in [0.2, 0.25) is 0 Å². The highest BCUT2D eigenvalue weighted by molar-refractivity contribution is 7.53. The molecular weight excluding hydrogens is 388 g/mol. The Bertz CT molecular complexity index is 605. The van der Waals surface area contributed by atoms with Crippen molar-refractivity contribution in [1.29, 1.82) is 0 Å². The van der Waals surface area contributed by atoms with Gasteiger partial charge in [-0.25, -0.2) is 8.78 Å². The lowest BCUT2D eigenvalue weighted by Crippen LogP contribution is -2.05. The van der Waals surface area contributed by atoms with Gasteiger partial charge in [0.05, 0.1) is 38.8 Å². The van der Waals surface area contributed by atoms with Crippen LogP contribution in [-0.4, -0.2) is 26.4 Å². The summed E-state index contributed by atoms with van der Waals surface area (Å²) in [6.45, 7) is 6.98. The molecule has 0 unspecified atom stereocenters. The van der Waals surface area contributed by atoms with Gasteiger partial charge in [-0.15, -0.1) is 0 Å². The van der Waals surface area contributed by atoms with Crippen molar-refractivity contribution in [3.05, 3.63) is 34.9 Å². The van der Waals surface area contributed by atoms with Crippen molar-refractivity contribution < 1.29 is 36.0 Å². The second kappa shape index (κ2) is 10.6. The van der Waals surface area contributed by atoms with E-state index in [1.165, 1.54) is 0 Å². The fraction of sp³-hybridized carbons (Fsp3) is 0.625. The Hall–Kier alpha value is -0.620. The molecule has 0 heterocycles. The number of halogens is 2. The molecule has 0 N–H and O–H groups in total. The zero-order valence-electron chi connectivity index (χ0n) is 15.5. The summed E-state index contributed by atoms with van der Waals surface area (Å²) in [7, 11) is -7.15. The predicted molar refractivity (Wildman–Crippen MR) is 95.5 cm³/mol. The first kappa shape index (κ1) is 23.4. The Kier molecular flexibility index (Phi) is 9.59. The molecule has 0 saturated carbocycles. The van der Waals surface area contributed by atoms with Gasteiger partial charge >= 0.3 is 15.2 Å². The average Bonchev–Trinajstić information content (AvgIpc) is 2.53. The van der Waals surface area contributed by atoms with Gasteiger partial charge in [0.15, 0.2) is 0 Å². The predicted octanol–water partition coefficient (Wildman–Crippen LogP) is 5.50. The minimum absolute atomic E-state index is 0.116. The summed E-state index contributed by atoms with van der Waals surface area (Å²) >= 11 is 0. The van der Waals surface area contributed by atoms with Crippen molar-refractivity contribution in [3.8, 4) is 0 Å². The largest absolute Gasteiger partial charge is 0.335 e. The second-order valence-corrected chi connectivity index (χ2v) is 9.35. The maximum Gasteiger partial charge on any atom is 0.335 e. The molecule has 0 radical (unpaired) electrons. The second-order valence-electron chi connectivity index (χ2n) is 5.24. The van der Waals surface area contributed by atoms with Gasteiger partial charge in [0.1, 0.15) is 11.6 Å². The molecule has 0 spiro atoms. The van der Waals surface area contributed by atoms with Crippen LogP contribution in [0.2, 0.25) is 0 Å². The number of benzene rings is 1. The standard InChI is InChI=1S/C16H26F2O6P2/c1-5-21-25(19,22-6-2)11-13-9-16(18)14(10-15(13)17)12-26(20,23-7-3)24-8-4/h9-10H,5-8,11-12H2,1-4H3. The highest BCUT2D eigenvalue weighted by atomic mass is 31.2. The molecule has 150 valence electrons. The first-order chi connectivity index (χ1) is 12.2. The van der Waals surface area contributed by atoms with E-state index in [0.29, 0.717) is 0 Å². The van der Waals surface area contributed by atoms with Gasteiger partial charge in [-0.3, -0.25) is 9.13 Å². The fourth-order valence-electron chi connectivity index (χ4n) is 2.33. The summed E-state index contributed by atoms with van der Waals surface area (Å²) in [5, 5.41) is 0. The molecule has 0 amide bonds. The van der Waals surface area contributed by atoms with Gasteiger partial charge in [0, 0.05) is 11.1 Å². The summed E-state index contributed by atoms with van der Waals surface area (Å²) in [6, 6.07) is 1.83. The minimum atomic E-state index is -3.58. The third-order valence-corrected chi connectivity index (χ3v) is 7.31. The zero-order valence-corrected chi connectivity index (χ0v) is 17.3. The van der Waals surface area contributed by atoms with Crippen LogP contribution in [0.3, 0.4) is 0 Å². The Morgan fingerprint density at radius 3 is 1.19 bits per heavy atom. The molecule has 0 aromatic heterocycles. The normalized spacial score (nSPS) is 12.5. The van der Waals surface area contributed by atoms with Gasteiger partial charge in [0.25, 0.3) is 0 Å². The fourth-order valence-corrected chi connectivity index (χ4v) is 5.74. The van der Waals surface area contributed by atoms with Crippen LogP contribution in [0.1, 0.15) is 38.8 Å². The SMILES string of the molecule is CCOP(=O)(Cc1cc(F)c(CP(=O)(OCC)OCC)cc1F)OCC. The molecule has 0 aliphatic carbocycles. The Morgan fingerprint density at radius 1 is 0.692 bits per heavy atom. The number of hydrogen-bond donors (Lipinski definition) is 0. The van der Waals surface area contributed by atoms with E-state index < -0.39 is 39.1 Å². The zero-order chi connectivity index (χ0) is 19.8. The summed E-state index contributed by atoms with van der Waals surface area (Å²) in [5.41, 5.74) is -0.279. The van der Waals surface area contributed by atoms with E-state index >= 15 is 0 Å². The molecule has 0 bridgehead atoms. The third-order valence-electron chi connectivity index (χ3n) is 3.25.